The number of hydrogen-bond acceptors (Lipinski definition) is 6. The third-order valence-electron chi connectivity index (χ3n) is 6.36. The van der Waals surface area contributed by atoms with Crippen LogP contribution in [0.2, 0.25) is 0 Å². The number of benzene rings is 2. The van der Waals surface area contributed by atoms with Crippen LogP contribution in [0.25, 0.3) is 0 Å². The van der Waals surface area contributed by atoms with Gasteiger partial charge < -0.3 is 32.5 Å². The van der Waals surface area contributed by atoms with Gasteiger partial charge in [0.1, 0.15) is 18.1 Å². The first kappa shape index (κ1) is 31.0. The highest BCUT2D eigenvalue weighted by molar-refractivity contribution is 5.96. The van der Waals surface area contributed by atoms with E-state index in [2.05, 4.69) is 16.0 Å². The van der Waals surface area contributed by atoms with E-state index in [4.69, 9.17) is 11.5 Å². The standard InChI is InChI=1S/C28H37N5O6/c1-3-17(2)24(33-25(35)20(29)14-18-10-6-4-7-11-18)27(37)31-21(16-23(30)34)26(36)32-22(28(38)39)15-19-12-8-5-9-13-19/h4-13,17,20-22,24H,3,14-16,29H2,1-2H3,(H2,30,34)(H,31,37)(H,32,36)(H,33,35)(H,38,39). The van der Waals surface area contributed by atoms with Gasteiger partial charge in [-0.3, -0.25) is 19.2 Å². The van der Waals surface area contributed by atoms with Crippen LogP contribution >= 0.6 is 0 Å². The van der Waals surface area contributed by atoms with Crippen molar-refractivity contribution in [2.45, 2.75) is 63.7 Å². The summed E-state index contributed by atoms with van der Waals surface area (Å²) in [6, 6.07) is 13.1. The molecular formula is C28H37N5O6. The summed E-state index contributed by atoms with van der Waals surface area (Å²) in [6.07, 6.45) is 0.192. The third-order valence-corrected chi connectivity index (χ3v) is 6.36. The highest BCUT2D eigenvalue weighted by Gasteiger charge is 2.33. The first-order valence-corrected chi connectivity index (χ1v) is 12.8. The van der Waals surface area contributed by atoms with Gasteiger partial charge in [-0.05, 0) is 23.5 Å². The lowest BCUT2D eigenvalue weighted by Gasteiger charge is -2.27. The van der Waals surface area contributed by atoms with E-state index in [1.165, 1.54) is 0 Å². The maximum atomic E-state index is 13.3. The lowest BCUT2D eigenvalue weighted by atomic mass is 9.96. The van der Waals surface area contributed by atoms with Crippen LogP contribution in [0.3, 0.4) is 0 Å². The number of nitrogens with two attached hydrogens (primary N) is 2. The molecular weight excluding hydrogens is 502 g/mol. The van der Waals surface area contributed by atoms with E-state index in [1.807, 2.05) is 37.3 Å². The Morgan fingerprint density at radius 1 is 0.769 bits per heavy atom. The molecule has 0 radical (unpaired) electrons. The molecule has 0 bridgehead atoms. The summed E-state index contributed by atoms with van der Waals surface area (Å²) >= 11 is 0. The molecule has 0 heterocycles. The van der Waals surface area contributed by atoms with Gasteiger partial charge in [0.25, 0.3) is 0 Å². The van der Waals surface area contributed by atoms with Gasteiger partial charge in [0.15, 0.2) is 0 Å². The fraction of sp³-hybridized carbons (Fsp3) is 0.393. The number of carbonyl (C=O) groups is 5. The van der Waals surface area contributed by atoms with Crippen LogP contribution in [0.5, 0.6) is 0 Å². The number of rotatable bonds is 15. The molecule has 0 aromatic heterocycles. The van der Waals surface area contributed by atoms with Crippen molar-refractivity contribution in [1.82, 2.24) is 16.0 Å². The summed E-state index contributed by atoms with van der Waals surface area (Å²) < 4.78 is 0. The topological polar surface area (TPSA) is 194 Å². The maximum Gasteiger partial charge on any atom is 0.326 e. The smallest absolute Gasteiger partial charge is 0.326 e. The fourth-order valence-corrected chi connectivity index (χ4v) is 3.92. The number of hydrogen-bond donors (Lipinski definition) is 6. The van der Waals surface area contributed by atoms with Crippen molar-refractivity contribution >= 4 is 29.6 Å². The second-order valence-electron chi connectivity index (χ2n) is 9.49. The molecule has 0 aliphatic carbocycles. The first-order chi connectivity index (χ1) is 18.5. The average Bonchev–Trinajstić information content (AvgIpc) is 2.91. The summed E-state index contributed by atoms with van der Waals surface area (Å²) in [7, 11) is 0. The lowest BCUT2D eigenvalue weighted by Crippen LogP contribution is -2.59. The normalized spacial score (nSPS) is 14.6. The van der Waals surface area contributed by atoms with Crippen LogP contribution in [-0.4, -0.2) is 58.9 Å². The SMILES string of the molecule is CCC(C)C(NC(=O)C(N)Cc1ccccc1)C(=O)NC(CC(N)=O)C(=O)NC(Cc1ccccc1)C(=O)O. The fourth-order valence-electron chi connectivity index (χ4n) is 3.92. The predicted octanol–water partition coefficient (Wildman–Crippen LogP) is 0.260. The highest BCUT2D eigenvalue weighted by atomic mass is 16.4. The Balaban J connectivity index is 2.14. The molecule has 2 aromatic rings. The van der Waals surface area contributed by atoms with Gasteiger partial charge in [-0.25, -0.2) is 4.79 Å². The molecule has 0 saturated heterocycles. The molecule has 11 nitrogen and oxygen atoms in total. The van der Waals surface area contributed by atoms with E-state index in [9.17, 15) is 29.1 Å². The lowest BCUT2D eigenvalue weighted by molar-refractivity contribution is -0.142. The Kier molecular flexibility index (Phi) is 12.1. The molecule has 2 aromatic carbocycles. The van der Waals surface area contributed by atoms with Crippen LogP contribution in [-0.2, 0) is 36.8 Å². The van der Waals surface area contributed by atoms with Crippen molar-refractivity contribution in [3.8, 4) is 0 Å². The third kappa shape index (κ3) is 10.2. The number of carbonyl (C=O) groups excluding carboxylic acids is 4. The molecule has 0 aliphatic heterocycles. The number of carboxylic acids is 1. The molecule has 4 amide bonds. The molecule has 5 unspecified atom stereocenters. The van der Waals surface area contributed by atoms with E-state index in [1.54, 1.807) is 37.3 Å². The van der Waals surface area contributed by atoms with Gasteiger partial charge >= 0.3 is 5.97 Å². The Bertz CT molecular complexity index is 1130. The molecule has 0 spiro atoms. The van der Waals surface area contributed by atoms with Crippen LogP contribution in [0.15, 0.2) is 60.7 Å². The van der Waals surface area contributed by atoms with Crippen molar-refractivity contribution in [3.05, 3.63) is 71.8 Å². The molecule has 5 atom stereocenters. The van der Waals surface area contributed by atoms with E-state index in [0.29, 0.717) is 12.0 Å². The number of carboxylic acid groups (broad SMARTS) is 1. The molecule has 0 fully saturated rings. The van der Waals surface area contributed by atoms with Crippen molar-refractivity contribution in [1.29, 1.82) is 0 Å². The number of nitrogens with one attached hydrogen (secondary N) is 3. The minimum Gasteiger partial charge on any atom is -0.480 e. The monoisotopic (exact) mass is 539 g/mol. The molecule has 0 aliphatic rings. The summed E-state index contributed by atoms with van der Waals surface area (Å²) in [5.41, 5.74) is 12.9. The van der Waals surface area contributed by atoms with E-state index < -0.39 is 60.2 Å². The van der Waals surface area contributed by atoms with Crippen LogP contribution in [0, 0.1) is 5.92 Å². The molecule has 210 valence electrons. The van der Waals surface area contributed by atoms with Gasteiger partial charge in [0.2, 0.25) is 23.6 Å². The number of amides is 4. The van der Waals surface area contributed by atoms with Crippen LogP contribution < -0.4 is 27.4 Å². The molecule has 8 N–H and O–H groups in total. The zero-order valence-electron chi connectivity index (χ0n) is 22.1. The van der Waals surface area contributed by atoms with Gasteiger partial charge in [-0.1, -0.05) is 80.9 Å². The number of primary amides is 1. The number of aliphatic carboxylic acids is 1. The summed E-state index contributed by atoms with van der Waals surface area (Å²) in [6.45, 7) is 3.58. The van der Waals surface area contributed by atoms with Crippen LogP contribution in [0.1, 0.15) is 37.8 Å². The largest absolute Gasteiger partial charge is 0.480 e. The Morgan fingerprint density at radius 2 is 1.28 bits per heavy atom. The summed E-state index contributed by atoms with van der Waals surface area (Å²) in [5.74, 6) is -4.67. The summed E-state index contributed by atoms with van der Waals surface area (Å²) in [4.78, 5) is 62.6. The van der Waals surface area contributed by atoms with Crippen molar-refractivity contribution in [2.75, 3.05) is 0 Å². The highest BCUT2D eigenvalue weighted by Crippen LogP contribution is 2.11. The molecule has 11 heteroatoms. The quantitative estimate of drug-likeness (QED) is 0.187. The van der Waals surface area contributed by atoms with Crippen molar-refractivity contribution < 1.29 is 29.1 Å². The van der Waals surface area contributed by atoms with Gasteiger partial charge in [0.05, 0.1) is 12.5 Å². The Labute approximate surface area is 227 Å². The zero-order chi connectivity index (χ0) is 28.9. The minimum atomic E-state index is -1.45. The van der Waals surface area contributed by atoms with Crippen molar-refractivity contribution in [2.24, 2.45) is 17.4 Å². The first-order valence-electron chi connectivity index (χ1n) is 12.8. The molecule has 2 rings (SSSR count). The maximum absolute atomic E-state index is 13.3. The van der Waals surface area contributed by atoms with E-state index >= 15 is 0 Å². The Hall–Kier alpha value is -4.25. The van der Waals surface area contributed by atoms with Gasteiger partial charge in [-0.2, -0.15) is 0 Å². The molecule has 0 saturated carbocycles. The van der Waals surface area contributed by atoms with Crippen molar-refractivity contribution in [3.63, 3.8) is 0 Å². The molecule has 39 heavy (non-hydrogen) atoms. The van der Waals surface area contributed by atoms with Gasteiger partial charge in [-0.15, -0.1) is 0 Å². The average molecular weight is 540 g/mol. The van der Waals surface area contributed by atoms with Gasteiger partial charge in [0, 0.05) is 6.42 Å². The second kappa shape index (κ2) is 15.2. The minimum absolute atomic E-state index is 0.00992. The Morgan fingerprint density at radius 3 is 1.77 bits per heavy atom. The summed E-state index contributed by atoms with van der Waals surface area (Å²) in [5, 5.41) is 17.1. The van der Waals surface area contributed by atoms with Crippen LogP contribution in [0.4, 0.5) is 0 Å². The zero-order valence-corrected chi connectivity index (χ0v) is 22.1. The second-order valence-corrected chi connectivity index (χ2v) is 9.49. The van der Waals surface area contributed by atoms with E-state index in [0.717, 1.165) is 5.56 Å². The van der Waals surface area contributed by atoms with E-state index in [-0.39, 0.29) is 18.8 Å². The predicted molar refractivity (Wildman–Crippen MR) is 145 cm³/mol.